The first-order valence-electron chi connectivity index (χ1n) is 23.9. The Bertz CT molecular complexity index is 2930. The predicted molar refractivity (Wildman–Crippen MR) is 255 cm³/mol. The molecule has 4 N–H and O–H groups in total. The van der Waals surface area contributed by atoms with Gasteiger partial charge in [-0.3, -0.25) is 48.9 Å². The van der Waals surface area contributed by atoms with Crippen LogP contribution >= 0.6 is 0 Å². The van der Waals surface area contributed by atoms with Crippen LogP contribution < -0.4 is 30.9 Å². The van der Waals surface area contributed by atoms with Gasteiger partial charge in [0.1, 0.15) is 34.6 Å². The molecule has 0 radical (unpaired) electrons. The number of ether oxygens (including phenoxy) is 1. The fraction of sp³-hybridized carbons (Fsp3) is 0.365. The summed E-state index contributed by atoms with van der Waals surface area (Å²) in [5.74, 6) is -1.56. The molecule has 6 fully saturated rings. The van der Waals surface area contributed by atoms with Gasteiger partial charge in [-0.1, -0.05) is 6.07 Å². The summed E-state index contributed by atoms with van der Waals surface area (Å²) in [7, 11) is 0. The molecule has 3 atom stereocenters. The van der Waals surface area contributed by atoms with E-state index in [0.717, 1.165) is 38.9 Å². The third kappa shape index (κ3) is 8.81. The number of piperazine rings is 1. The molecule has 2 bridgehead atoms. The van der Waals surface area contributed by atoms with Crippen molar-refractivity contribution in [3.63, 3.8) is 0 Å². The number of imide groups is 1. The Kier molecular flexibility index (Phi) is 11.7. The first-order chi connectivity index (χ1) is 33.9. The topological polar surface area (TPSA) is 186 Å². The minimum absolute atomic E-state index is 0.150. The zero-order valence-electron chi connectivity index (χ0n) is 38.2. The molecule has 6 aliphatic heterocycles. The van der Waals surface area contributed by atoms with Crippen LogP contribution in [0, 0.1) is 23.0 Å². The minimum atomic E-state index is -1.20. The van der Waals surface area contributed by atoms with Gasteiger partial charge < -0.3 is 30.5 Å². The molecule has 18 heteroatoms. The van der Waals surface area contributed by atoms with Crippen LogP contribution in [0.1, 0.15) is 60.9 Å². The minimum Gasteiger partial charge on any atom is -0.457 e. The summed E-state index contributed by atoms with van der Waals surface area (Å²) in [4.78, 5) is 90.0. The van der Waals surface area contributed by atoms with Crippen LogP contribution in [0.3, 0.4) is 0 Å². The fourth-order valence-electron chi connectivity index (χ4n) is 10.9. The van der Waals surface area contributed by atoms with Gasteiger partial charge in [0.2, 0.25) is 29.5 Å². The van der Waals surface area contributed by atoms with Gasteiger partial charge in [-0.25, -0.2) is 8.78 Å². The van der Waals surface area contributed by atoms with Gasteiger partial charge in [0.25, 0.3) is 5.91 Å². The molecule has 7 aliphatic rings. The van der Waals surface area contributed by atoms with Crippen molar-refractivity contribution in [1.82, 2.24) is 25.0 Å². The van der Waals surface area contributed by atoms with Gasteiger partial charge in [-0.15, -0.1) is 0 Å². The van der Waals surface area contributed by atoms with Crippen molar-refractivity contribution in [3.8, 4) is 11.5 Å². The lowest BCUT2D eigenvalue weighted by Gasteiger charge is -2.56. The summed E-state index contributed by atoms with van der Waals surface area (Å²) in [5.41, 5.74) is 2.48. The van der Waals surface area contributed by atoms with Crippen LogP contribution in [0.25, 0.3) is 10.9 Å². The lowest BCUT2D eigenvalue weighted by atomic mass is 9.86. The van der Waals surface area contributed by atoms with Crippen LogP contribution in [-0.2, 0) is 30.5 Å². The Morgan fingerprint density at radius 1 is 0.829 bits per heavy atom. The molecule has 360 valence electrons. The van der Waals surface area contributed by atoms with Crippen LogP contribution in [0.15, 0.2) is 91.1 Å². The molecule has 5 saturated heterocycles. The number of fused-ring (bicyclic) bond motifs is 4. The summed E-state index contributed by atoms with van der Waals surface area (Å²) in [6, 6.07) is 22.0. The SMILES string of the molecule is O=C1CCC(N2Cc3c(NC(=O)CN4C5CC4CN(CC4CCN(c6cc7nccc(Oc8ccc(NC(=O)C9(C(=O)Nc%10ccc(F)cc%10)CC9)cc8)c7cc6F)CC4)C5)cccc3C2=O)C(=O)N1. The molecule has 4 aromatic carbocycles. The van der Waals surface area contributed by atoms with Crippen molar-refractivity contribution >= 4 is 69.1 Å². The average molecular weight is 952 g/mol. The third-order valence-corrected chi connectivity index (χ3v) is 14.9. The molecule has 7 heterocycles. The van der Waals surface area contributed by atoms with E-state index >= 15 is 4.39 Å². The number of pyridine rings is 1. The van der Waals surface area contributed by atoms with Gasteiger partial charge in [0.05, 0.1) is 17.7 Å². The van der Waals surface area contributed by atoms with Crippen molar-refractivity contribution in [2.45, 2.75) is 69.6 Å². The predicted octanol–water partition coefficient (Wildman–Crippen LogP) is 6.04. The normalized spacial score (nSPS) is 22.0. The number of benzene rings is 4. The number of carbonyl (C=O) groups is 6. The number of amides is 6. The zero-order valence-corrected chi connectivity index (χ0v) is 38.2. The molecule has 1 aliphatic carbocycles. The number of rotatable bonds is 13. The smallest absolute Gasteiger partial charge is 0.255 e. The van der Waals surface area contributed by atoms with E-state index in [4.69, 9.17) is 4.74 Å². The van der Waals surface area contributed by atoms with Gasteiger partial charge in [0.15, 0.2) is 0 Å². The van der Waals surface area contributed by atoms with Crippen LogP contribution in [0.4, 0.5) is 31.5 Å². The Balaban J connectivity index is 0.644. The van der Waals surface area contributed by atoms with Crippen molar-refractivity contribution in [3.05, 3.63) is 114 Å². The molecule has 5 aromatic rings. The van der Waals surface area contributed by atoms with E-state index in [2.05, 4.69) is 41.0 Å². The van der Waals surface area contributed by atoms with E-state index in [-0.39, 0.29) is 61.6 Å². The summed E-state index contributed by atoms with van der Waals surface area (Å²) in [6.07, 6.45) is 5.73. The highest BCUT2D eigenvalue weighted by molar-refractivity contribution is 6.17. The second-order valence-electron chi connectivity index (χ2n) is 19.4. The number of nitrogens with zero attached hydrogens (tertiary/aromatic N) is 5. The maximum absolute atomic E-state index is 16.0. The Hall–Kier alpha value is -7.31. The van der Waals surface area contributed by atoms with Gasteiger partial charge in [0, 0.05) is 97.5 Å². The Morgan fingerprint density at radius 3 is 2.21 bits per heavy atom. The summed E-state index contributed by atoms with van der Waals surface area (Å²) in [5, 5.41) is 11.4. The quantitative estimate of drug-likeness (QED) is 0.0798. The van der Waals surface area contributed by atoms with E-state index in [1.54, 1.807) is 60.8 Å². The second kappa shape index (κ2) is 18.2. The number of halogens is 2. The number of aromatic nitrogens is 1. The summed E-state index contributed by atoms with van der Waals surface area (Å²) in [6.45, 7) is 4.54. The highest BCUT2D eigenvalue weighted by Gasteiger charge is 2.56. The summed E-state index contributed by atoms with van der Waals surface area (Å²) >= 11 is 0. The van der Waals surface area contributed by atoms with E-state index in [9.17, 15) is 33.2 Å². The van der Waals surface area contributed by atoms with Crippen LogP contribution in [-0.4, -0.2) is 113 Å². The highest BCUT2D eigenvalue weighted by Crippen LogP contribution is 2.48. The number of hydrogen-bond acceptors (Lipinski definition) is 11. The monoisotopic (exact) mass is 951 g/mol. The maximum Gasteiger partial charge on any atom is 0.255 e. The number of carbonyl (C=O) groups excluding carboxylic acids is 6. The number of nitrogens with one attached hydrogen (secondary N) is 4. The number of hydrogen-bond donors (Lipinski definition) is 4. The molecule has 12 rings (SSSR count). The largest absolute Gasteiger partial charge is 0.457 e. The van der Waals surface area contributed by atoms with Crippen LogP contribution in [0.5, 0.6) is 11.5 Å². The van der Waals surface area contributed by atoms with Crippen molar-refractivity contribution in [1.29, 1.82) is 0 Å². The average Bonchev–Trinajstić information content (AvgIpc) is 4.11. The molecule has 16 nitrogen and oxygen atoms in total. The molecule has 6 amide bonds. The lowest BCUT2D eigenvalue weighted by Crippen LogP contribution is -2.70. The Labute approximate surface area is 401 Å². The number of anilines is 4. The molecule has 0 spiro atoms. The van der Waals surface area contributed by atoms with Gasteiger partial charge in [-0.05, 0) is 123 Å². The van der Waals surface area contributed by atoms with Gasteiger partial charge in [-0.2, -0.15) is 0 Å². The first-order valence-corrected chi connectivity index (χ1v) is 23.9. The van der Waals surface area contributed by atoms with E-state index in [1.165, 1.54) is 35.2 Å². The van der Waals surface area contributed by atoms with E-state index in [0.29, 0.717) is 88.1 Å². The van der Waals surface area contributed by atoms with E-state index < -0.39 is 35.0 Å². The molecular weight excluding hydrogens is 901 g/mol. The van der Waals surface area contributed by atoms with Crippen LogP contribution in [0.2, 0.25) is 0 Å². The number of piperidine rings is 3. The third-order valence-electron chi connectivity index (χ3n) is 14.9. The van der Waals surface area contributed by atoms with Crippen molar-refractivity contribution in [2.75, 3.05) is 60.1 Å². The van der Waals surface area contributed by atoms with Gasteiger partial charge >= 0.3 is 0 Å². The second-order valence-corrected chi connectivity index (χ2v) is 19.4. The molecular formula is C52H51F2N9O7. The zero-order chi connectivity index (χ0) is 48.3. The maximum atomic E-state index is 16.0. The van der Waals surface area contributed by atoms with E-state index in [1.807, 2.05) is 0 Å². The Morgan fingerprint density at radius 2 is 1.53 bits per heavy atom. The molecule has 1 saturated carbocycles. The lowest BCUT2D eigenvalue weighted by molar-refractivity contribution is -0.137. The standard InChI is InChI=1S/C52H51F2N9O7/c53-31-4-6-32(7-5-31)56-50(68)52(17-18-52)51(69)57-33-8-10-36(11-9-33)70-45-14-19-55-42-24-44(40(54)23-38(42)45)61-20-15-30(16-21-61)25-60-26-34-22-35(27-60)62(34)29-47(65)58-41-3-1-2-37-39(41)28-63(49(37)67)43-12-13-46(64)59-48(43)66/h1-11,14,19,23-24,30,34-35,43H,12-13,15-18,20-22,25-29H2,(H,56,68)(H,57,69)(H,58,65)(H,59,64,66). The van der Waals surface area contributed by atoms with Crippen molar-refractivity contribution < 1.29 is 42.3 Å². The van der Waals surface area contributed by atoms with Crippen molar-refractivity contribution in [2.24, 2.45) is 11.3 Å². The highest BCUT2D eigenvalue weighted by atomic mass is 19.1. The fourth-order valence-corrected chi connectivity index (χ4v) is 10.9. The first kappa shape index (κ1) is 45.2. The molecule has 3 unspecified atom stereocenters. The summed E-state index contributed by atoms with van der Waals surface area (Å²) < 4.78 is 35.5. The molecule has 1 aromatic heterocycles. The molecule has 70 heavy (non-hydrogen) atoms.